The Morgan fingerprint density at radius 3 is 2.61 bits per heavy atom. The van der Waals surface area contributed by atoms with Crippen LogP contribution in [0.3, 0.4) is 0 Å². The average molecular weight is 440 g/mol. The van der Waals surface area contributed by atoms with E-state index in [1.165, 1.54) is 38.1 Å². The molecule has 1 saturated carbocycles. The van der Waals surface area contributed by atoms with Gasteiger partial charge in [-0.1, -0.05) is 68.3 Å². The highest BCUT2D eigenvalue weighted by Gasteiger charge is 2.41. The summed E-state index contributed by atoms with van der Waals surface area (Å²) < 4.78 is 5.14. The first-order valence-corrected chi connectivity index (χ1v) is 11.9. The Morgan fingerprint density at radius 2 is 1.94 bits per heavy atom. The molecule has 1 fully saturated rings. The van der Waals surface area contributed by atoms with Crippen molar-refractivity contribution in [2.24, 2.45) is 4.99 Å². The number of esters is 1. The smallest absolute Gasteiger partial charge is 0.338 e. The first-order chi connectivity index (χ1) is 15.1. The van der Waals surface area contributed by atoms with Gasteiger partial charge in [0.25, 0.3) is 0 Å². The molecule has 0 radical (unpaired) electrons. The predicted octanol–water partition coefficient (Wildman–Crippen LogP) is 4.66. The van der Waals surface area contributed by atoms with Crippen molar-refractivity contribution in [3.05, 3.63) is 58.3 Å². The van der Waals surface area contributed by atoms with Gasteiger partial charge in [-0.15, -0.1) is 0 Å². The third-order valence-electron chi connectivity index (χ3n) is 6.06. The lowest BCUT2D eigenvalue weighted by atomic mass is 9.93. The molecular weight excluding hydrogens is 410 g/mol. The van der Waals surface area contributed by atoms with E-state index in [9.17, 15) is 9.59 Å². The highest BCUT2D eigenvalue weighted by molar-refractivity contribution is 8.16. The summed E-state index contributed by atoms with van der Waals surface area (Å²) in [7, 11) is 1.40. The van der Waals surface area contributed by atoms with Crippen molar-refractivity contribution in [3.8, 4) is 0 Å². The lowest BCUT2D eigenvalue weighted by Crippen LogP contribution is -2.40. The minimum Gasteiger partial charge on any atom is -0.466 e. The Labute approximate surface area is 187 Å². The maximum Gasteiger partial charge on any atom is 0.338 e. The fourth-order valence-corrected chi connectivity index (χ4v) is 5.49. The van der Waals surface area contributed by atoms with Crippen molar-refractivity contribution in [1.82, 2.24) is 10.2 Å². The van der Waals surface area contributed by atoms with Crippen molar-refractivity contribution < 1.29 is 14.3 Å². The first-order valence-electron chi connectivity index (χ1n) is 11.0. The quantitative estimate of drug-likeness (QED) is 0.653. The topological polar surface area (TPSA) is 71.0 Å². The number of hydrogen-bond acceptors (Lipinski definition) is 6. The Bertz CT molecular complexity index is 933. The van der Waals surface area contributed by atoms with Gasteiger partial charge < -0.3 is 15.0 Å². The Kier molecular flexibility index (Phi) is 6.80. The summed E-state index contributed by atoms with van der Waals surface area (Å²) in [5.41, 5.74) is 3.12. The van der Waals surface area contributed by atoms with E-state index in [2.05, 4.69) is 5.32 Å². The number of amidine groups is 1. The average Bonchev–Trinajstić information content (AvgIpc) is 3.20. The SMILES string of the molecule is CCC1=C(C(=O)OC)[C@H](c2ccccc2)N2C(CC(=O)NC3CCCCC3)=CSC2=N1. The molecule has 1 atom stereocenters. The zero-order valence-corrected chi connectivity index (χ0v) is 18.9. The lowest BCUT2D eigenvalue weighted by Gasteiger charge is -2.36. The molecule has 0 spiro atoms. The molecule has 0 unspecified atom stereocenters. The zero-order chi connectivity index (χ0) is 21.8. The molecule has 3 aliphatic rings. The van der Waals surface area contributed by atoms with Crippen molar-refractivity contribution in [2.75, 3.05) is 7.11 Å². The highest BCUT2D eigenvalue weighted by atomic mass is 32.2. The van der Waals surface area contributed by atoms with Crippen molar-refractivity contribution in [2.45, 2.75) is 64.0 Å². The number of hydrogen-bond donors (Lipinski definition) is 1. The van der Waals surface area contributed by atoms with E-state index in [1.807, 2.05) is 47.6 Å². The fourth-order valence-electron chi connectivity index (χ4n) is 4.55. The molecule has 0 aromatic heterocycles. The third-order valence-corrected chi connectivity index (χ3v) is 6.95. The van der Waals surface area contributed by atoms with E-state index in [1.54, 1.807) is 0 Å². The van der Waals surface area contributed by atoms with Crippen LogP contribution in [0, 0.1) is 0 Å². The van der Waals surface area contributed by atoms with Crippen molar-refractivity contribution in [3.63, 3.8) is 0 Å². The number of allylic oxidation sites excluding steroid dienone is 1. The summed E-state index contributed by atoms with van der Waals surface area (Å²) in [6.07, 6.45) is 6.61. The third kappa shape index (κ3) is 4.56. The van der Waals surface area contributed by atoms with Crippen LogP contribution in [-0.4, -0.2) is 35.1 Å². The number of nitrogens with zero attached hydrogens (tertiary/aromatic N) is 2. The van der Waals surface area contributed by atoms with Gasteiger partial charge in [-0.3, -0.25) is 4.79 Å². The van der Waals surface area contributed by atoms with Crippen LogP contribution in [-0.2, 0) is 14.3 Å². The molecule has 1 amide bonds. The van der Waals surface area contributed by atoms with Gasteiger partial charge in [0.15, 0.2) is 5.17 Å². The number of carbonyl (C=O) groups is 2. The molecule has 31 heavy (non-hydrogen) atoms. The van der Waals surface area contributed by atoms with Crippen LogP contribution in [0.1, 0.15) is 63.5 Å². The van der Waals surface area contributed by atoms with Crippen LogP contribution in [0.4, 0.5) is 0 Å². The summed E-state index contributed by atoms with van der Waals surface area (Å²) in [6.45, 7) is 1.99. The molecule has 2 aliphatic heterocycles. The van der Waals surface area contributed by atoms with E-state index >= 15 is 0 Å². The highest BCUT2D eigenvalue weighted by Crippen LogP contribution is 2.45. The van der Waals surface area contributed by atoms with Gasteiger partial charge in [-0.2, -0.15) is 0 Å². The Balaban J connectivity index is 1.63. The number of aliphatic imine (C=N–C) groups is 1. The number of carbonyl (C=O) groups excluding carboxylic acids is 2. The lowest BCUT2D eigenvalue weighted by molar-refractivity contribution is -0.136. The molecule has 0 saturated heterocycles. The monoisotopic (exact) mass is 439 g/mol. The number of ether oxygens (including phenoxy) is 1. The molecule has 4 rings (SSSR count). The summed E-state index contributed by atoms with van der Waals surface area (Å²) in [6, 6.07) is 9.80. The van der Waals surface area contributed by atoms with E-state index in [0.717, 1.165) is 35.0 Å². The second kappa shape index (κ2) is 9.73. The van der Waals surface area contributed by atoms with Gasteiger partial charge in [-0.25, -0.2) is 9.79 Å². The fraction of sp³-hybridized carbons (Fsp3) is 0.458. The van der Waals surface area contributed by atoms with Gasteiger partial charge >= 0.3 is 5.97 Å². The minimum atomic E-state index is -0.378. The second-order valence-corrected chi connectivity index (χ2v) is 8.93. The van der Waals surface area contributed by atoms with Gasteiger partial charge in [0.05, 0.1) is 30.8 Å². The molecule has 2 heterocycles. The maximum absolute atomic E-state index is 12.8. The van der Waals surface area contributed by atoms with E-state index in [4.69, 9.17) is 9.73 Å². The van der Waals surface area contributed by atoms with Gasteiger partial charge in [0.1, 0.15) is 0 Å². The molecular formula is C24H29N3O3S. The van der Waals surface area contributed by atoms with Crippen LogP contribution >= 0.6 is 11.8 Å². The molecule has 1 N–H and O–H groups in total. The number of amides is 1. The summed E-state index contributed by atoms with van der Waals surface area (Å²) in [5.74, 6) is -0.354. The number of rotatable bonds is 6. The van der Waals surface area contributed by atoms with Gasteiger partial charge in [0.2, 0.25) is 5.91 Å². The number of benzene rings is 1. The largest absolute Gasteiger partial charge is 0.466 e. The molecule has 7 heteroatoms. The molecule has 164 valence electrons. The minimum absolute atomic E-state index is 0.0247. The van der Waals surface area contributed by atoms with E-state index in [-0.39, 0.29) is 30.4 Å². The van der Waals surface area contributed by atoms with Gasteiger partial charge in [0, 0.05) is 11.7 Å². The standard InChI is InChI=1S/C24H29N3O3S/c1-3-19-21(23(29)30-2)22(16-10-6-4-7-11-16)27-18(15-31-24(27)26-19)14-20(28)25-17-12-8-5-9-13-17/h4,6-7,10-11,15,17,22H,3,5,8-9,12-14H2,1-2H3,(H,25,28)/t22-/m0/s1. The molecule has 6 nitrogen and oxygen atoms in total. The summed E-state index contributed by atoms with van der Waals surface area (Å²) in [5, 5.41) is 6.00. The summed E-state index contributed by atoms with van der Waals surface area (Å²) >= 11 is 1.51. The number of methoxy groups -OCH3 is 1. The van der Waals surface area contributed by atoms with E-state index in [0.29, 0.717) is 12.0 Å². The summed E-state index contributed by atoms with van der Waals surface area (Å²) in [4.78, 5) is 32.5. The van der Waals surface area contributed by atoms with Gasteiger partial charge in [-0.05, 0) is 30.2 Å². The molecule has 1 aromatic carbocycles. The van der Waals surface area contributed by atoms with Crippen LogP contribution in [0.5, 0.6) is 0 Å². The molecule has 1 aliphatic carbocycles. The van der Waals surface area contributed by atoms with Crippen molar-refractivity contribution in [1.29, 1.82) is 0 Å². The van der Waals surface area contributed by atoms with Crippen LogP contribution in [0.2, 0.25) is 0 Å². The predicted molar refractivity (Wildman–Crippen MR) is 123 cm³/mol. The second-order valence-electron chi connectivity index (χ2n) is 8.09. The number of thioether (sulfide) groups is 1. The number of fused-ring (bicyclic) bond motifs is 1. The van der Waals surface area contributed by atoms with Crippen molar-refractivity contribution >= 4 is 28.8 Å². The Hall–Kier alpha value is -2.54. The maximum atomic E-state index is 12.8. The van der Waals surface area contributed by atoms with Crippen LogP contribution in [0.15, 0.2) is 57.7 Å². The van der Waals surface area contributed by atoms with Crippen LogP contribution in [0.25, 0.3) is 0 Å². The van der Waals surface area contributed by atoms with Crippen LogP contribution < -0.4 is 5.32 Å². The van der Waals surface area contributed by atoms with E-state index < -0.39 is 0 Å². The number of nitrogens with one attached hydrogen (secondary N) is 1. The first kappa shape index (κ1) is 21.7. The normalized spacial score (nSPS) is 21.4. The molecule has 0 bridgehead atoms. The molecule has 1 aromatic rings. The Morgan fingerprint density at radius 1 is 1.19 bits per heavy atom. The zero-order valence-electron chi connectivity index (χ0n) is 18.1.